The summed E-state index contributed by atoms with van der Waals surface area (Å²) in [6.07, 6.45) is -6.84. The first-order valence-electron chi connectivity index (χ1n) is 21.4. The first kappa shape index (κ1) is 51.8. The van der Waals surface area contributed by atoms with Gasteiger partial charge in [-0.1, -0.05) is 64.6 Å². The van der Waals surface area contributed by atoms with Gasteiger partial charge < -0.3 is 24.3 Å². The Morgan fingerprint density at radius 2 is 1.15 bits per heavy atom. The molecule has 25 heteroatoms. The number of aromatic amines is 1. The number of alkyl halides is 6. The Hall–Kier alpha value is -5.55. The number of benzene rings is 1. The van der Waals surface area contributed by atoms with Crippen molar-refractivity contribution >= 4 is 90.3 Å². The van der Waals surface area contributed by atoms with E-state index in [0.717, 1.165) is 16.1 Å². The molecule has 1 N–H and O–H groups in total. The second-order valence-electron chi connectivity index (χ2n) is 16.3. The minimum Gasteiger partial charge on any atom is -0.378 e. The first-order valence-corrected chi connectivity index (χ1v) is 24.4. The highest BCUT2D eigenvalue weighted by Gasteiger charge is 2.36. The summed E-state index contributed by atoms with van der Waals surface area (Å²) < 4.78 is 119. The molecular weight excluding hydrogens is 1050 g/mol. The molecule has 0 radical (unpaired) electrons. The number of rotatable bonds is 8. The molecule has 2 saturated heterocycles. The van der Waals surface area contributed by atoms with Crippen LogP contribution >= 0.6 is 46.4 Å². The van der Waals surface area contributed by atoms with E-state index in [4.69, 9.17) is 55.9 Å². The molecule has 0 aliphatic carbocycles. The predicted molar refractivity (Wildman–Crippen MR) is 252 cm³/mol. The average molecular weight is 1090 g/mol. The van der Waals surface area contributed by atoms with E-state index >= 15 is 0 Å². The van der Waals surface area contributed by atoms with Crippen LogP contribution in [0.4, 0.5) is 26.3 Å². The number of morpholine rings is 2. The van der Waals surface area contributed by atoms with Crippen molar-refractivity contribution in [2.24, 2.45) is 0 Å². The van der Waals surface area contributed by atoms with Crippen LogP contribution in [-0.4, -0.2) is 112 Å². The van der Waals surface area contributed by atoms with Crippen LogP contribution < -0.4 is 0 Å². The molecular formula is C46H38Cl4F6N8O6S. The lowest BCUT2D eigenvalue weighted by atomic mass is 10.1. The fourth-order valence-electron chi connectivity index (χ4n) is 7.99. The molecule has 2 fully saturated rings. The van der Waals surface area contributed by atoms with Crippen molar-refractivity contribution in [3.05, 3.63) is 143 Å². The monoisotopic (exact) mass is 1080 g/mol. The number of hydrogen-bond acceptors (Lipinski definition) is 10. The van der Waals surface area contributed by atoms with E-state index in [1.165, 1.54) is 54.5 Å². The zero-order chi connectivity index (χ0) is 51.2. The summed E-state index contributed by atoms with van der Waals surface area (Å²) in [6.45, 7) is 6.15. The minimum absolute atomic E-state index is 0.0496. The molecule has 2 aliphatic heterocycles. The fourth-order valence-corrected chi connectivity index (χ4v) is 10.6. The molecule has 2 amide bonds. The molecule has 0 spiro atoms. The number of nitrogens with zero attached hydrogens (tertiary/aromatic N) is 7. The Morgan fingerprint density at radius 3 is 1.66 bits per heavy atom. The molecule has 0 bridgehead atoms. The molecule has 0 saturated carbocycles. The van der Waals surface area contributed by atoms with Crippen LogP contribution in [0, 0.1) is 13.8 Å². The molecule has 8 heterocycles. The second kappa shape index (κ2) is 20.5. The van der Waals surface area contributed by atoms with Gasteiger partial charge in [-0.2, -0.15) is 26.3 Å². The number of aromatic nitrogens is 6. The second-order valence-corrected chi connectivity index (χ2v) is 19.7. The molecule has 9 rings (SSSR count). The summed E-state index contributed by atoms with van der Waals surface area (Å²) in [6, 6.07) is 12.3. The van der Waals surface area contributed by atoms with Gasteiger partial charge in [0.05, 0.1) is 51.4 Å². The Morgan fingerprint density at radius 1 is 0.676 bits per heavy atom. The van der Waals surface area contributed by atoms with Crippen molar-refractivity contribution in [3.63, 3.8) is 0 Å². The van der Waals surface area contributed by atoms with E-state index in [1.807, 2.05) is 0 Å². The predicted octanol–water partition coefficient (Wildman–Crippen LogP) is 10.0. The van der Waals surface area contributed by atoms with Gasteiger partial charge in [-0.3, -0.25) is 9.59 Å². The lowest BCUT2D eigenvalue weighted by Crippen LogP contribution is -2.41. The van der Waals surface area contributed by atoms with E-state index in [-0.39, 0.29) is 83.0 Å². The molecule has 14 nitrogen and oxygen atoms in total. The highest BCUT2D eigenvalue weighted by molar-refractivity contribution is 7.90. The third-order valence-corrected chi connectivity index (χ3v) is 14.8. The number of nitrogens with one attached hydrogen (secondary N) is 1. The summed E-state index contributed by atoms with van der Waals surface area (Å²) in [7, 11) is -4.43. The van der Waals surface area contributed by atoms with Gasteiger partial charge in [0.2, 0.25) is 0 Å². The Balaban J connectivity index is 0.000000197. The number of pyridine rings is 4. The smallest absolute Gasteiger partial charge is 0.378 e. The molecule has 7 aromatic rings. The molecule has 71 heavy (non-hydrogen) atoms. The van der Waals surface area contributed by atoms with Crippen LogP contribution in [0.25, 0.3) is 22.1 Å². The van der Waals surface area contributed by atoms with Crippen LogP contribution in [0.2, 0.25) is 20.1 Å². The summed E-state index contributed by atoms with van der Waals surface area (Å²) in [5.41, 5.74) is -0.604. The summed E-state index contributed by atoms with van der Waals surface area (Å²) in [5.74, 6) is -0.772. The van der Waals surface area contributed by atoms with Crippen LogP contribution in [0.15, 0.2) is 71.9 Å². The van der Waals surface area contributed by atoms with Crippen LogP contribution in [0.1, 0.15) is 66.0 Å². The Bertz CT molecular complexity index is 3310. The SMILES string of the molecule is Cc1cc(C(F)(F)F)nc2[nH]c(Cc3c(Cl)cnc(C(=O)N4CCOCC4)c3Cl)cc12.Cc1cc(C(F)(F)F)nc2c1cc(Cc1c(Cl)cnc(C(=O)N3CCOCC3)c1Cl)n2S(=O)(=O)c1ccccc1. The number of carbonyl (C=O) groups excluding carboxylic acids is 2. The van der Waals surface area contributed by atoms with Gasteiger partial charge in [0, 0.05) is 73.6 Å². The highest BCUT2D eigenvalue weighted by Crippen LogP contribution is 2.37. The van der Waals surface area contributed by atoms with Crippen molar-refractivity contribution in [1.82, 2.24) is 38.7 Å². The van der Waals surface area contributed by atoms with Crippen LogP contribution in [0.3, 0.4) is 0 Å². The number of fused-ring (bicyclic) bond motifs is 2. The van der Waals surface area contributed by atoms with Crippen molar-refractivity contribution in [1.29, 1.82) is 0 Å². The lowest BCUT2D eigenvalue weighted by Gasteiger charge is -2.27. The van der Waals surface area contributed by atoms with Gasteiger partial charge in [-0.25, -0.2) is 32.3 Å². The third-order valence-electron chi connectivity index (χ3n) is 11.6. The quantitative estimate of drug-likeness (QED) is 0.145. The standard InChI is InChI=1S/C26H21Cl2F3N4O4S.C20H17Cl2F3N4O2/c1-15-11-21(26(29,30)31)33-24-18(15)12-16(35(24)40(37,38)17-5-3-2-4-6-17)13-19-20(27)14-32-23(22(19)28)25(36)34-7-9-39-10-8-34;1-10-6-15(20(23,24)25)28-18-12(10)7-11(27-18)8-13-14(21)9-26-17(16(13)22)19(30)29-2-4-31-5-3-29/h2-6,11-12,14H,7-10,13H2,1H3;6-7,9H,2-5,8H2,1H3,(H,27,28). The summed E-state index contributed by atoms with van der Waals surface area (Å²) >= 11 is 25.8. The molecule has 1 aromatic carbocycles. The van der Waals surface area contributed by atoms with Crippen molar-refractivity contribution in [2.75, 3.05) is 52.6 Å². The number of carbonyl (C=O) groups is 2. The number of amides is 2. The number of hydrogen-bond donors (Lipinski definition) is 1. The van der Waals surface area contributed by atoms with Gasteiger partial charge in [0.15, 0.2) is 5.65 Å². The topological polar surface area (TPSA) is 166 Å². The zero-order valence-electron chi connectivity index (χ0n) is 37.2. The van der Waals surface area contributed by atoms with E-state index in [0.29, 0.717) is 74.8 Å². The normalized spacial score (nSPS) is 14.8. The molecule has 0 atom stereocenters. The highest BCUT2D eigenvalue weighted by atomic mass is 35.5. The average Bonchev–Trinajstić information content (AvgIpc) is 3.94. The largest absolute Gasteiger partial charge is 0.433 e. The maximum atomic E-state index is 13.8. The molecule has 0 unspecified atom stereocenters. The van der Waals surface area contributed by atoms with Crippen molar-refractivity contribution in [3.8, 4) is 0 Å². The van der Waals surface area contributed by atoms with Gasteiger partial charge in [-0.05, 0) is 72.5 Å². The number of halogens is 10. The lowest BCUT2D eigenvalue weighted by molar-refractivity contribution is -0.141. The van der Waals surface area contributed by atoms with Crippen LogP contribution in [-0.2, 0) is 44.7 Å². The first-order chi connectivity index (χ1) is 33.5. The van der Waals surface area contributed by atoms with Crippen LogP contribution in [0.5, 0.6) is 0 Å². The molecule has 6 aromatic heterocycles. The van der Waals surface area contributed by atoms with Gasteiger partial charge in [0.25, 0.3) is 21.8 Å². The van der Waals surface area contributed by atoms with E-state index < -0.39 is 45.3 Å². The Labute approximate surface area is 420 Å². The minimum atomic E-state index is -4.81. The Kier molecular flexibility index (Phi) is 15.0. The third kappa shape index (κ3) is 10.8. The molecule has 2 aliphatic rings. The van der Waals surface area contributed by atoms with E-state index in [1.54, 1.807) is 24.0 Å². The number of aryl methyl sites for hydroxylation is 2. The van der Waals surface area contributed by atoms with Crippen molar-refractivity contribution < 1.29 is 53.8 Å². The maximum absolute atomic E-state index is 13.8. The van der Waals surface area contributed by atoms with Crippen molar-refractivity contribution in [2.45, 2.75) is 43.9 Å². The maximum Gasteiger partial charge on any atom is 0.433 e. The molecule has 374 valence electrons. The zero-order valence-corrected chi connectivity index (χ0v) is 41.0. The van der Waals surface area contributed by atoms with Gasteiger partial charge >= 0.3 is 12.4 Å². The number of ether oxygens (including phenoxy) is 2. The van der Waals surface area contributed by atoms with E-state index in [9.17, 15) is 44.3 Å². The van der Waals surface area contributed by atoms with E-state index in [2.05, 4.69) is 24.9 Å². The number of H-pyrrole nitrogens is 1. The van der Waals surface area contributed by atoms with Gasteiger partial charge in [0.1, 0.15) is 28.4 Å². The fraction of sp³-hybridized carbons (Fsp3) is 0.304. The summed E-state index contributed by atoms with van der Waals surface area (Å²) in [5, 5.41) is 1.10. The summed E-state index contributed by atoms with van der Waals surface area (Å²) in [4.78, 5) is 47.4. The van der Waals surface area contributed by atoms with Gasteiger partial charge in [-0.15, -0.1) is 0 Å².